The van der Waals surface area contributed by atoms with Gasteiger partial charge in [0, 0.05) is 0 Å². The van der Waals surface area contributed by atoms with E-state index in [2.05, 4.69) is 0 Å². The topological polar surface area (TPSA) is 164 Å². The van der Waals surface area contributed by atoms with Gasteiger partial charge in [0.1, 0.15) is 0 Å². The minimum Gasteiger partial charge on any atom is -0.822 e. The molecule has 71 valence electrons. The van der Waals surface area contributed by atoms with Crippen molar-refractivity contribution in [3.05, 3.63) is 0 Å². The van der Waals surface area contributed by atoms with Gasteiger partial charge < -0.3 is 33.9 Å². The van der Waals surface area contributed by atoms with Gasteiger partial charge in [-0.2, -0.15) is 7.82 Å². The van der Waals surface area contributed by atoms with E-state index in [4.69, 9.17) is 38.5 Å². The van der Waals surface area contributed by atoms with Crippen LogP contribution < -0.4 is 14.7 Å². The second-order valence-corrected chi connectivity index (χ2v) is 2.88. The zero-order valence-electron chi connectivity index (χ0n) is 4.59. The molecule has 0 aromatic carbocycles. The molecule has 0 aliphatic heterocycles. The molecule has 0 fully saturated rings. The van der Waals surface area contributed by atoms with Crippen LogP contribution in [0.1, 0.15) is 0 Å². The third-order valence-electron chi connectivity index (χ3n) is 0. The summed E-state index contributed by atoms with van der Waals surface area (Å²) >= 11 is 0. The summed E-state index contributed by atoms with van der Waals surface area (Å²) < 4.78 is 17.4. The van der Waals surface area contributed by atoms with Crippen molar-refractivity contribution in [2.75, 3.05) is 0 Å². The van der Waals surface area contributed by atoms with Gasteiger partial charge >= 0.3 is 24.3 Å². The fraction of sp³-hybridized carbons (Fsp3) is 0. The molecule has 0 saturated carbocycles. The van der Waals surface area contributed by atoms with Gasteiger partial charge in [0.2, 0.25) is 0 Å². The maximum absolute atomic E-state index is 8.88. The fourth-order valence-corrected chi connectivity index (χ4v) is 0. The minimum atomic E-state index is -5.39. The molecular weight excluding hydrogens is 249 g/mol. The summed E-state index contributed by atoms with van der Waals surface area (Å²) in [4.78, 5) is 47.2. The smallest absolute Gasteiger partial charge is 0.822 e. The Kier molecular flexibility index (Phi) is 10.1. The Morgan fingerprint density at radius 1 is 0.909 bits per heavy atom. The molecule has 0 rings (SSSR count). The number of phosphoric acid groups is 2. The van der Waals surface area contributed by atoms with E-state index in [0.29, 0.717) is 0 Å². The predicted octanol–water partition coefficient (Wildman–Crippen LogP) is -3.76. The van der Waals surface area contributed by atoms with Crippen molar-refractivity contribution >= 4 is 15.6 Å². The number of hydrogen-bond donors (Lipinski definition) is 3. The van der Waals surface area contributed by atoms with Gasteiger partial charge in [-0.1, -0.05) is 0 Å². The van der Waals surface area contributed by atoms with Crippen LogP contribution in [0, 0.1) is 0 Å². The molecule has 11 heteroatoms. The molecule has 0 amide bonds. The number of rotatable bonds is 0. The molecule has 0 bridgehead atoms. The van der Waals surface area contributed by atoms with Gasteiger partial charge in [-0.3, -0.25) is 0 Å². The fourth-order valence-electron chi connectivity index (χ4n) is 0. The van der Waals surface area contributed by atoms with Crippen molar-refractivity contribution in [1.82, 2.24) is 0 Å². The molecule has 1 radical (unpaired) electrons. The van der Waals surface area contributed by atoms with Crippen molar-refractivity contribution < 1.29 is 55.0 Å². The first-order chi connectivity index (χ1) is 4.00. The molecule has 0 heterocycles. The van der Waals surface area contributed by atoms with E-state index in [0.717, 1.165) is 0 Å². The Hall–Kier alpha value is 0.714. The van der Waals surface area contributed by atoms with E-state index < -0.39 is 15.6 Å². The van der Waals surface area contributed by atoms with E-state index in [1.165, 1.54) is 0 Å². The molecule has 0 saturated heterocycles. The molecular formula is H3NiO8P2. The summed E-state index contributed by atoms with van der Waals surface area (Å²) in [5.41, 5.74) is 0. The maximum Gasteiger partial charge on any atom is 3.00 e. The third-order valence-corrected chi connectivity index (χ3v) is 0. The molecule has 3 N–H and O–H groups in total. The average molecular weight is 252 g/mol. The Bertz CT molecular complexity index is 124. The number of hydrogen-bond acceptors (Lipinski definition) is 5. The standard InChI is InChI=1S/Ni.2H3O4P/c;2*1-5(2,3)4/h;2*(H3,1,2,3,4)/q+3;;/p-3. The van der Waals surface area contributed by atoms with Gasteiger partial charge in [0.25, 0.3) is 0 Å². The van der Waals surface area contributed by atoms with Crippen molar-refractivity contribution in [3.8, 4) is 0 Å². The largest absolute Gasteiger partial charge is 3.00 e. The normalized spacial score (nSPS) is 10.7. The van der Waals surface area contributed by atoms with Crippen molar-refractivity contribution in [2.45, 2.75) is 0 Å². The summed E-state index contributed by atoms with van der Waals surface area (Å²) in [6.45, 7) is 0. The molecule has 11 heavy (non-hydrogen) atoms. The van der Waals surface area contributed by atoms with E-state index in [-0.39, 0.29) is 16.5 Å². The third kappa shape index (κ3) is 1600. The van der Waals surface area contributed by atoms with Crippen LogP contribution in [-0.4, -0.2) is 14.7 Å². The molecule has 0 aromatic heterocycles. The Morgan fingerprint density at radius 2 is 0.909 bits per heavy atom. The predicted molar refractivity (Wildman–Crippen MR) is 21.9 cm³/mol. The van der Waals surface area contributed by atoms with Crippen LogP contribution in [0.15, 0.2) is 0 Å². The SMILES string of the molecule is O=P(O)(O)O.O=P([O-])([O-])[O-].[Ni+3]. The van der Waals surface area contributed by atoms with Crippen molar-refractivity contribution in [1.29, 1.82) is 0 Å². The molecule has 0 aromatic rings. The van der Waals surface area contributed by atoms with Crippen LogP contribution in [0.5, 0.6) is 0 Å². The van der Waals surface area contributed by atoms with Gasteiger partial charge in [0.05, 0.1) is 0 Å². The summed E-state index contributed by atoms with van der Waals surface area (Å²) in [6, 6.07) is 0. The molecule has 0 aliphatic rings. The van der Waals surface area contributed by atoms with E-state index in [9.17, 15) is 0 Å². The molecule has 0 unspecified atom stereocenters. The maximum atomic E-state index is 8.88. The van der Waals surface area contributed by atoms with Crippen molar-refractivity contribution in [2.24, 2.45) is 0 Å². The van der Waals surface area contributed by atoms with Crippen LogP contribution in [0.25, 0.3) is 0 Å². The van der Waals surface area contributed by atoms with E-state index >= 15 is 0 Å². The van der Waals surface area contributed by atoms with Crippen molar-refractivity contribution in [3.63, 3.8) is 0 Å². The van der Waals surface area contributed by atoms with E-state index in [1.54, 1.807) is 0 Å². The Balaban J connectivity index is -0.000000107. The van der Waals surface area contributed by atoms with Gasteiger partial charge in [-0.05, 0) is 0 Å². The summed E-state index contributed by atoms with van der Waals surface area (Å²) in [7, 11) is -10.0. The van der Waals surface area contributed by atoms with Crippen LogP contribution in [0.3, 0.4) is 0 Å². The van der Waals surface area contributed by atoms with Gasteiger partial charge in [0.15, 0.2) is 0 Å². The quantitative estimate of drug-likeness (QED) is 0.292. The Labute approximate surface area is 71.3 Å². The molecule has 0 atom stereocenters. The van der Waals surface area contributed by atoms with Crippen LogP contribution >= 0.6 is 15.6 Å². The summed E-state index contributed by atoms with van der Waals surface area (Å²) in [6.07, 6.45) is 0. The zero-order valence-corrected chi connectivity index (χ0v) is 7.37. The summed E-state index contributed by atoms with van der Waals surface area (Å²) in [5, 5.41) is 0. The average Bonchev–Trinajstić information content (AvgIpc) is 1.12. The van der Waals surface area contributed by atoms with Crippen LogP contribution in [0.2, 0.25) is 0 Å². The Morgan fingerprint density at radius 3 is 0.909 bits per heavy atom. The van der Waals surface area contributed by atoms with Crippen LogP contribution in [-0.2, 0) is 25.6 Å². The molecule has 8 nitrogen and oxygen atoms in total. The van der Waals surface area contributed by atoms with Gasteiger partial charge in [-0.25, -0.2) is 4.57 Å². The second-order valence-electron chi connectivity index (χ2n) is 0.960. The second kappa shape index (κ2) is 6.25. The minimum absolute atomic E-state index is 0. The molecule has 0 aliphatic carbocycles. The summed E-state index contributed by atoms with van der Waals surface area (Å²) in [5.74, 6) is 0. The van der Waals surface area contributed by atoms with E-state index in [1.807, 2.05) is 0 Å². The first-order valence-electron chi connectivity index (χ1n) is 1.51. The molecule has 0 spiro atoms. The zero-order chi connectivity index (χ0) is 9.00. The first kappa shape index (κ1) is 17.7. The van der Waals surface area contributed by atoms with Gasteiger partial charge in [-0.15, -0.1) is 0 Å². The first-order valence-corrected chi connectivity index (χ1v) is 4.54. The van der Waals surface area contributed by atoms with Crippen LogP contribution in [0.4, 0.5) is 0 Å². The monoisotopic (exact) mass is 251 g/mol.